The van der Waals surface area contributed by atoms with Gasteiger partial charge in [-0.15, -0.1) is 0 Å². The van der Waals surface area contributed by atoms with Crippen LogP contribution in [0.4, 0.5) is 5.69 Å². The van der Waals surface area contributed by atoms with Gasteiger partial charge in [0.25, 0.3) is 0 Å². The maximum atomic E-state index is 6.84. The number of aryl methyl sites for hydroxylation is 1. The van der Waals surface area contributed by atoms with Crippen LogP contribution >= 0.6 is 0 Å². The zero-order valence-corrected chi connectivity index (χ0v) is 16.0. The van der Waals surface area contributed by atoms with Crippen molar-refractivity contribution < 1.29 is 0 Å². The predicted molar refractivity (Wildman–Crippen MR) is 110 cm³/mol. The fraction of sp³-hybridized carbons (Fsp3) is 0.476. The molecule has 1 aliphatic heterocycles. The van der Waals surface area contributed by atoms with E-state index in [-0.39, 0.29) is 0 Å². The van der Waals surface area contributed by atoms with Crippen molar-refractivity contribution in [2.24, 2.45) is 17.4 Å². The van der Waals surface area contributed by atoms with Crippen molar-refractivity contribution in [2.45, 2.75) is 57.2 Å². The predicted octanol–water partition coefficient (Wildman–Crippen LogP) is 3.02. The molecule has 27 heavy (non-hydrogen) atoms. The molecule has 0 saturated heterocycles. The van der Waals surface area contributed by atoms with Gasteiger partial charge in [0, 0.05) is 30.0 Å². The van der Waals surface area contributed by atoms with E-state index in [9.17, 15) is 0 Å². The highest BCUT2D eigenvalue weighted by molar-refractivity contribution is 5.76. The SMILES string of the molecule is CCCc1ccc(NC2=CC(N)(C3CCC(N)CC3)Nn3ccnc32)cc1. The van der Waals surface area contributed by atoms with Gasteiger partial charge in [0.15, 0.2) is 5.82 Å². The molecule has 1 unspecified atom stereocenters. The first-order valence-electron chi connectivity index (χ1n) is 10.0. The molecule has 1 saturated carbocycles. The molecule has 1 aromatic heterocycles. The molecule has 1 fully saturated rings. The van der Waals surface area contributed by atoms with Crippen molar-refractivity contribution in [2.75, 3.05) is 10.7 Å². The summed E-state index contributed by atoms with van der Waals surface area (Å²) in [5.74, 6) is 1.19. The first-order valence-corrected chi connectivity index (χ1v) is 10.0. The second-order valence-corrected chi connectivity index (χ2v) is 7.91. The van der Waals surface area contributed by atoms with Gasteiger partial charge in [-0.1, -0.05) is 25.5 Å². The Bertz CT molecular complexity index is 800. The van der Waals surface area contributed by atoms with Crippen LogP contribution in [0.5, 0.6) is 0 Å². The quantitative estimate of drug-likeness (QED) is 0.653. The molecular formula is C21H30N6. The minimum atomic E-state index is -0.613. The van der Waals surface area contributed by atoms with E-state index in [2.05, 4.69) is 53.0 Å². The average Bonchev–Trinajstić information content (AvgIpc) is 3.12. The Morgan fingerprint density at radius 3 is 2.67 bits per heavy atom. The van der Waals surface area contributed by atoms with Gasteiger partial charge < -0.3 is 22.2 Å². The van der Waals surface area contributed by atoms with Gasteiger partial charge in [-0.05, 0) is 55.9 Å². The maximum absolute atomic E-state index is 6.84. The lowest BCUT2D eigenvalue weighted by Crippen LogP contribution is -2.58. The Morgan fingerprint density at radius 1 is 1.22 bits per heavy atom. The monoisotopic (exact) mass is 366 g/mol. The zero-order valence-electron chi connectivity index (χ0n) is 16.0. The van der Waals surface area contributed by atoms with Crippen LogP contribution in [0.15, 0.2) is 42.7 Å². The average molecular weight is 367 g/mol. The Kier molecular flexibility index (Phi) is 4.93. The van der Waals surface area contributed by atoms with Crippen molar-refractivity contribution in [3.8, 4) is 0 Å². The first-order chi connectivity index (χ1) is 13.1. The molecule has 1 atom stereocenters. The molecule has 1 aliphatic carbocycles. The molecule has 6 nitrogen and oxygen atoms in total. The summed E-state index contributed by atoms with van der Waals surface area (Å²) >= 11 is 0. The lowest BCUT2D eigenvalue weighted by Gasteiger charge is -2.42. The Labute approximate surface area is 161 Å². The lowest BCUT2D eigenvalue weighted by molar-refractivity contribution is 0.239. The largest absolute Gasteiger partial charge is 0.353 e. The van der Waals surface area contributed by atoms with E-state index in [1.165, 1.54) is 5.56 Å². The summed E-state index contributed by atoms with van der Waals surface area (Å²) in [7, 11) is 0. The number of nitrogens with one attached hydrogen (secondary N) is 2. The van der Waals surface area contributed by atoms with Crippen LogP contribution in [-0.4, -0.2) is 21.4 Å². The minimum absolute atomic E-state index is 0.306. The van der Waals surface area contributed by atoms with E-state index in [0.717, 1.165) is 55.7 Å². The molecule has 1 aromatic carbocycles. The first kappa shape index (κ1) is 18.1. The molecule has 0 amide bonds. The molecule has 2 heterocycles. The van der Waals surface area contributed by atoms with E-state index in [0.29, 0.717) is 12.0 Å². The van der Waals surface area contributed by atoms with Crippen LogP contribution in [0.3, 0.4) is 0 Å². The normalized spacial score (nSPS) is 27.4. The van der Waals surface area contributed by atoms with E-state index in [4.69, 9.17) is 11.5 Å². The highest BCUT2D eigenvalue weighted by Crippen LogP contribution is 2.35. The van der Waals surface area contributed by atoms with Gasteiger partial charge in [0.1, 0.15) is 5.66 Å². The molecule has 144 valence electrons. The van der Waals surface area contributed by atoms with Crippen molar-refractivity contribution >= 4 is 11.4 Å². The number of nitrogens with zero attached hydrogens (tertiary/aromatic N) is 2. The number of aromatic nitrogens is 2. The maximum Gasteiger partial charge on any atom is 0.174 e. The van der Waals surface area contributed by atoms with Crippen LogP contribution in [0.2, 0.25) is 0 Å². The van der Waals surface area contributed by atoms with E-state index >= 15 is 0 Å². The molecule has 6 heteroatoms. The van der Waals surface area contributed by atoms with Gasteiger partial charge in [-0.25, -0.2) is 9.66 Å². The number of anilines is 1. The summed E-state index contributed by atoms with van der Waals surface area (Å²) in [6.45, 7) is 2.20. The van der Waals surface area contributed by atoms with Crippen LogP contribution in [-0.2, 0) is 6.42 Å². The standard InChI is InChI=1S/C21H30N6/c1-2-3-15-4-10-18(11-5-15)25-19-14-21(23,16-6-8-17(22)9-7-16)26-27-13-12-24-20(19)27/h4-5,10-14,16-17,25-26H,2-3,6-9,22-23H2,1H3. The van der Waals surface area contributed by atoms with E-state index in [1.54, 1.807) is 6.20 Å². The molecule has 0 bridgehead atoms. The Balaban J connectivity index is 1.59. The van der Waals surface area contributed by atoms with Gasteiger partial charge in [0.2, 0.25) is 0 Å². The zero-order chi connectivity index (χ0) is 18.9. The number of nitrogens with two attached hydrogens (primary N) is 2. The fourth-order valence-corrected chi connectivity index (χ4v) is 4.23. The molecule has 2 aromatic rings. The number of hydrogen-bond donors (Lipinski definition) is 4. The summed E-state index contributed by atoms with van der Waals surface area (Å²) in [5.41, 5.74) is 19.1. The fourth-order valence-electron chi connectivity index (χ4n) is 4.23. The van der Waals surface area contributed by atoms with Crippen LogP contribution < -0.4 is 22.2 Å². The Morgan fingerprint density at radius 2 is 1.96 bits per heavy atom. The van der Waals surface area contributed by atoms with Crippen LogP contribution in [0.1, 0.15) is 50.4 Å². The molecule has 6 N–H and O–H groups in total. The van der Waals surface area contributed by atoms with Gasteiger partial charge >= 0.3 is 0 Å². The molecule has 0 spiro atoms. The van der Waals surface area contributed by atoms with Crippen molar-refractivity contribution in [1.82, 2.24) is 9.66 Å². The molecule has 0 radical (unpaired) electrons. The summed E-state index contributed by atoms with van der Waals surface area (Å²) in [5, 5.41) is 3.53. The minimum Gasteiger partial charge on any atom is -0.353 e. The number of benzene rings is 1. The second-order valence-electron chi connectivity index (χ2n) is 7.91. The van der Waals surface area contributed by atoms with Crippen LogP contribution in [0.25, 0.3) is 5.70 Å². The number of fused-ring (bicyclic) bond motifs is 1. The molecular weight excluding hydrogens is 336 g/mol. The number of rotatable bonds is 5. The van der Waals surface area contributed by atoms with Crippen LogP contribution in [0, 0.1) is 5.92 Å². The topological polar surface area (TPSA) is 93.9 Å². The van der Waals surface area contributed by atoms with Crippen molar-refractivity contribution in [3.05, 3.63) is 54.1 Å². The Hall–Kier alpha value is -2.31. The van der Waals surface area contributed by atoms with Gasteiger partial charge in [-0.3, -0.25) is 0 Å². The third kappa shape index (κ3) is 3.73. The smallest absolute Gasteiger partial charge is 0.174 e. The van der Waals surface area contributed by atoms with Crippen molar-refractivity contribution in [1.29, 1.82) is 0 Å². The van der Waals surface area contributed by atoms with E-state index < -0.39 is 5.66 Å². The summed E-state index contributed by atoms with van der Waals surface area (Å²) in [6, 6.07) is 8.91. The van der Waals surface area contributed by atoms with E-state index in [1.807, 2.05) is 10.9 Å². The highest BCUT2D eigenvalue weighted by atomic mass is 15.5. The number of imidazole rings is 1. The highest BCUT2D eigenvalue weighted by Gasteiger charge is 2.39. The molecule has 4 rings (SSSR count). The lowest BCUT2D eigenvalue weighted by atomic mass is 9.78. The summed E-state index contributed by atoms with van der Waals surface area (Å²) < 4.78 is 1.93. The van der Waals surface area contributed by atoms with Crippen molar-refractivity contribution in [3.63, 3.8) is 0 Å². The number of hydrogen-bond acceptors (Lipinski definition) is 5. The van der Waals surface area contributed by atoms with Gasteiger partial charge in [-0.2, -0.15) is 0 Å². The summed E-state index contributed by atoms with van der Waals surface area (Å²) in [4.78, 5) is 4.50. The van der Waals surface area contributed by atoms with Gasteiger partial charge in [0.05, 0.1) is 5.70 Å². The second kappa shape index (κ2) is 7.37. The molecule has 2 aliphatic rings. The summed E-state index contributed by atoms with van der Waals surface area (Å²) in [6.07, 6.45) is 12.2. The third-order valence-electron chi connectivity index (χ3n) is 5.80. The third-order valence-corrected chi connectivity index (χ3v) is 5.80.